The zero-order chi connectivity index (χ0) is 19.4. The molecule has 1 heterocycles. The highest BCUT2D eigenvalue weighted by molar-refractivity contribution is 6.30. The van der Waals surface area contributed by atoms with Gasteiger partial charge in [0.15, 0.2) is 0 Å². The van der Waals surface area contributed by atoms with E-state index in [9.17, 15) is 14.0 Å². The average molecular weight is 387 g/mol. The smallest absolute Gasteiger partial charge is 0.254 e. The fraction of sp³-hybridized carbons (Fsp3) is 0.238. The normalized spacial score (nSPS) is 16.2. The zero-order valence-electron chi connectivity index (χ0n) is 14.8. The van der Waals surface area contributed by atoms with Crippen molar-refractivity contribution in [2.75, 3.05) is 6.54 Å². The molecule has 140 valence electrons. The lowest BCUT2D eigenvalue weighted by atomic mass is 10.0. The van der Waals surface area contributed by atoms with Crippen LogP contribution in [0.5, 0.6) is 0 Å². The van der Waals surface area contributed by atoms with Gasteiger partial charge in [0.25, 0.3) is 5.91 Å². The van der Waals surface area contributed by atoms with Crippen LogP contribution in [0.3, 0.4) is 0 Å². The van der Waals surface area contributed by atoms with Gasteiger partial charge in [-0.05, 0) is 54.8 Å². The Balaban J connectivity index is 1.75. The molecule has 27 heavy (non-hydrogen) atoms. The Bertz CT molecular complexity index is 867. The minimum atomic E-state index is -0.350. The molecule has 0 radical (unpaired) electrons. The summed E-state index contributed by atoms with van der Waals surface area (Å²) in [4.78, 5) is 25.9. The maximum Gasteiger partial charge on any atom is 0.254 e. The highest BCUT2D eigenvalue weighted by Crippen LogP contribution is 2.35. The summed E-state index contributed by atoms with van der Waals surface area (Å²) in [6, 6.07) is 11.2. The van der Waals surface area contributed by atoms with Crippen LogP contribution in [0.15, 0.2) is 55.1 Å². The van der Waals surface area contributed by atoms with Crippen LogP contribution in [0.4, 0.5) is 4.39 Å². The van der Waals surface area contributed by atoms with E-state index in [4.69, 9.17) is 11.6 Å². The van der Waals surface area contributed by atoms with Crippen molar-refractivity contribution < 1.29 is 14.0 Å². The third-order valence-corrected chi connectivity index (χ3v) is 4.92. The molecule has 1 N–H and O–H groups in total. The van der Waals surface area contributed by atoms with Crippen LogP contribution in [0.25, 0.3) is 0 Å². The number of halogens is 2. The largest absolute Gasteiger partial charge is 0.348 e. The van der Waals surface area contributed by atoms with Gasteiger partial charge in [-0.1, -0.05) is 30.3 Å². The predicted molar refractivity (Wildman–Crippen MR) is 103 cm³/mol. The van der Waals surface area contributed by atoms with Crippen molar-refractivity contribution in [2.45, 2.75) is 25.4 Å². The molecule has 0 saturated carbocycles. The van der Waals surface area contributed by atoms with Crippen LogP contribution in [-0.4, -0.2) is 23.3 Å². The molecule has 1 unspecified atom stereocenters. The molecule has 1 aliphatic rings. The molecule has 0 aromatic heterocycles. The predicted octanol–water partition coefficient (Wildman–Crippen LogP) is 4.26. The number of likely N-dealkylation sites (tertiary alicyclic amines) is 1. The third kappa shape index (κ3) is 4.37. The Morgan fingerprint density at radius 1 is 1.26 bits per heavy atom. The highest BCUT2D eigenvalue weighted by atomic mass is 35.5. The summed E-state index contributed by atoms with van der Waals surface area (Å²) in [6.07, 6.45) is 2.73. The number of amides is 2. The molecule has 1 aliphatic heterocycles. The second-order valence-electron chi connectivity index (χ2n) is 6.44. The number of nitrogens with zero attached hydrogens (tertiary/aromatic N) is 1. The second kappa shape index (κ2) is 8.35. The Morgan fingerprint density at radius 2 is 2.00 bits per heavy atom. The molecule has 1 fully saturated rings. The van der Waals surface area contributed by atoms with E-state index < -0.39 is 0 Å². The summed E-state index contributed by atoms with van der Waals surface area (Å²) in [5.74, 6) is -0.741. The van der Waals surface area contributed by atoms with E-state index in [0.717, 1.165) is 12.0 Å². The molecule has 2 aromatic carbocycles. The van der Waals surface area contributed by atoms with Crippen molar-refractivity contribution in [1.82, 2.24) is 10.2 Å². The Hall–Kier alpha value is -2.66. The monoisotopic (exact) mass is 386 g/mol. The number of hydrogen-bond donors (Lipinski definition) is 1. The van der Waals surface area contributed by atoms with Gasteiger partial charge < -0.3 is 10.2 Å². The highest BCUT2D eigenvalue weighted by Gasteiger charge is 2.32. The molecule has 4 nitrogen and oxygen atoms in total. The number of rotatable bonds is 5. The molecular formula is C21H20ClFN2O2. The van der Waals surface area contributed by atoms with Crippen LogP contribution < -0.4 is 5.32 Å². The fourth-order valence-electron chi connectivity index (χ4n) is 3.30. The van der Waals surface area contributed by atoms with Gasteiger partial charge in [-0.3, -0.25) is 9.59 Å². The van der Waals surface area contributed by atoms with Crippen molar-refractivity contribution in [2.24, 2.45) is 0 Å². The van der Waals surface area contributed by atoms with Crippen LogP contribution in [-0.2, 0) is 11.3 Å². The lowest BCUT2D eigenvalue weighted by molar-refractivity contribution is -0.116. The fourth-order valence-corrected chi connectivity index (χ4v) is 3.48. The lowest BCUT2D eigenvalue weighted by Gasteiger charge is -2.25. The van der Waals surface area contributed by atoms with E-state index in [-0.39, 0.29) is 23.7 Å². The van der Waals surface area contributed by atoms with Crippen molar-refractivity contribution in [3.05, 3.63) is 82.6 Å². The van der Waals surface area contributed by atoms with Crippen molar-refractivity contribution in [3.63, 3.8) is 0 Å². The van der Waals surface area contributed by atoms with Crippen LogP contribution >= 0.6 is 11.6 Å². The Kier molecular flexibility index (Phi) is 5.91. The molecule has 0 aliphatic carbocycles. The topological polar surface area (TPSA) is 49.4 Å². The van der Waals surface area contributed by atoms with E-state index >= 15 is 0 Å². The molecule has 1 saturated heterocycles. The van der Waals surface area contributed by atoms with Crippen LogP contribution in [0.2, 0.25) is 5.02 Å². The van der Waals surface area contributed by atoms with E-state index in [1.54, 1.807) is 35.2 Å². The van der Waals surface area contributed by atoms with Crippen LogP contribution in [0, 0.1) is 5.82 Å². The van der Waals surface area contributed by atoms with Gasteiger partial charge in [-0.15, -0.1) is 0 Å². The van der Waals surface area contributed by atoms with Gasteiger partial charge in [-0.2, -0.15) is 0 Å². The van der Waals surface area contributed by atoms with E-state index in [2.05, 4.69) is 11.9 Å². The van der Waals surface area contributed by atoms with E-state index in [0.29, 0.717) is 35.7 Å². The molecule has 2 amide bonds. The Morgan fingerprint density at radius 3 is 2.70 bits per heavy atom. The van der Waals surface area contributed by atoms with Crippen LogP contribution in [0.1, 0.15) is 40.4 Å². The van der Waals surface area contributed by atoms with Gasteiger partial charge in [0.2, 0.25) is 5.91 Å². The molecule has 0 spiro atoms. The molecule has 3 rings (SSSR count). The standard InChI is InChI=1S/C21H20ClFN2O2/c1-2-20(26)24-13-14-5-7-15(8-6-14)21(27)25-11-3-4-19(25)17-12-16(22)9-10-18(17)23/h2,5-10,12,19H,1,3-4,11,13H2,(H,24,26). The summed E-state index contributed by atoms with van der Waals surface area (Å²) in [5.41, 5.74) is 1.86. The second-order valence-corrected chi connectivity index (χ2v) is 6.88. The van der Waals surface area contributed by atoms with Crippen molar-refractivity contribution >= 4 is 23.4 Å². The number of carbonyl (C=O) groups is 2. The van der Waals surface area contributed by atoms with Gasteiger partial charge in [0, 0.05) is 29.2 Å². The minimum absolute atomic E-state index is 0.140. The first kappa shape index (κ1) is 19.1. The lowest BCUT2D eigenvalue weighted by Crippen LogP contribution is -2.31. The zero-order valence-corrected chi connectivity index (χ0v) is 15.5. The van der Waals surface area contributed by atoms with Gasteiger partial charge in [-0.25, -0.2) is 4.39 Å². The molecular weight excluding hydrogens is 367 g/mol. The number of carbonyl (C=O) groups excluding carboxylic acids is 2. The maximum absolute atomic E-state index is 14.3. The van der Waals surface area contributed by atoms with E-state index in [1.165, 1.54) is 18.2 Å². The van der Waals surface area contributed by atoms with Crippen molar-refractivity contribution in [1.29, 1.82) is 0 Å². The summed E-state index contributed by atoms with van der Waals surface area (Å²) in [5, 5.41) is 3.14. The quantitative estimate of drug-likeness (QED) is 0.780. The first-order chi connectivity index (χ1) is 13.0. The van der Waals surface area contributed by atoms with E-state index in [1.807, 2.05) is 0 Å². The average Bonchev–Trinajstić information content (AvgIpc) is 3.17. The third-order valence-electron chi connectivity index (χ3n) is 4.68. The van der Waals surface area contributed by atoms with Gasteiger partial charge in [0.1, 0.15) is 5.82 Å². The number of benzene rings is 2. The van der Waals surface area contributed by atoms with Gasteiger partial charge in [0.05, 0.1) is 6.04 Å². The SMILES string of the molecule is C=CC(=O)NCc1ccc(C(=O)N2CCCC2c2cc(Cl)ccc2F)cc1. The van der Waals surface area contributed by atoms with Gasteiger partial charge >= 0.3 is 0 Å². The number of hydrogen-bond acceptors (Lipinski definition) is 2. The maximum atomic E-state index is 14.3. The van der Waals surface area contributed by atoms with Crippen molar-refractivity contribution in [3.8, 4) is 0 Å². The molecule has 1 atom stereocenters. The molecule has 0 bridgehead atoms. The summed E-state index contributed by atoms with van der Waals surface area (Å²) in [6.45, 7) is 4.34. The Labute approximate surface area is 162 Å². The summed E-state index contributed by atoms with van der Waals surface area (Å²) < 4.78 is 14.3. The summed E-state index contributed by atoms with van der Waals surface area (Å²) in [7, 11) is 0. The first-order valence-corrected chi connectivity index (χ1v) is 9.12. The first-order valence-electron chi connectivity index (χ1n) is 8.74. The molecule has 2 aromatic rings. The minimum Gasteiger partial charge on any atom is -0.348 e. The molecule has 6 heteroatoms. The summed E-state index contributed by atoms with van der Waals surface area (Å²) >= 11 is 6.01. The number of nitrogens with one attached hydrogen (secondary N) is 1.